The maximum absolute atomic E-state index is 3.55. The average Bonchev–Trinajstić information content (AvgIpc) is 3.88. The molecule has 11 rings (SSSR count). The fourth-order valence-electron chi connectivity index (χ4n) is 18.8. The second-order valence-electron chi connectivity index (χ2n) is 20.9. The molecule has 0 spiro atoms. The van der Waals surface area contributed by atoms with Gasteiger partial charge in [-0.2, -0.15) is 0 Å². The molecule has 10 aliphatic carbocycles. The van der Waals surface area contributed by atoms with E-state index in [-0.39, 0.29) is 0 Å². The zero-order valence-corrected chi connectivity index (χ0v) is 29.8. The standard InChI is InChI=1S/C45H71N/c1-2-11-28-23-31(22-27(28)10-1)38-24-29-12-4-6-15-33(29)40-26-39-36(44(38)40)17-9-19-43(39)46-42-18-8-7-16-35(42)37-21-20-34-32-14-5-3-13-30(32)25-41(34)45(37)46/h27-45H,1-26H2/t27?,28?,29?,30?,31?,32?,33?,34?,35?,36?,37?,38-,39?,40?,41?,42?,43?,44?,45?/m1/s1. The first-order valence-corrected chi connectivity index (χ1v) is 22.6. The van der Waals surface area contributed by atoms with Gasteiger partial charge in [-0.05, 0) is 178 Å². The summed E-state index contributed by atoms with van der Waals surface area (Å²) in [6.45, 7) is 0. The summed E-state index contributed by atoms with van der Waals surface area (Å²) in [6, 6.07) is 2.99. The predicted molar refractivity (Wildman–Crippen MR) is 189 cm³/mol. The number of nitrogens with zero attached hydrogens (tertiary/aromatic N) is 1. The van der Waals surface area contributed by atoms with E-state index < -0.39 is 0 Å². The van der Waals surface area contributed by atoms with E-state index in [1.54, 1.807) is 167 Å². The smallest absolute Gasteiger partial charge is 0.0164 e. The van der Waals surface area contributed by atoms with Gasteiger partial charge < -0.3 is 0 Å². The highest BCUT2D eigenvalue weighted by molar-refractivity contribution is 5.15. The summed E-state index contributed by atoms with van der Waals surface area (Å²) in [5.41, 5.74) is 0. The van der Waals surface area contributed by atoms with Crippen molar-refractivity contribution in [2.45, 2.75) is 185 Å². The van der Waals surface area contributed by atoms with Gasteiger partial charge in [0.15, 0.2) is 0 Å². The third kappa shape index (κ3) is 4.45. The first-order chi connectivity index (χ1) is 22.8. The van der Waals surface area contributed by atoms with Crippen LogP contribution < -0.4 is 0 Å². The Hall–Kier alpha value is -0.0400. The van der Waals surface area contributed by atoms with E-state index in [2.05, 4.69) is 4.90 Å². The third-order valence-corrected chi connectivity index (χ3v) is 19.9. The van der Waals surface area contributed by atoms with E-state index in [1.807, 2.05) is 0 Å². The van der Waals surface area contributed by atoms with Crippen molar-refractivity contribution in [2.75, 3.05) is 0 Å². The van der Waals surface area contributed by atoms with Gasteiger partial charge in [0.25, 0.3) is 0 Å². The molecule has 1 nitrogen and oxygen atoms in total. The van der Waals surface area contributed by atoms with Gasteiger partial charge >= 0.3 is 0 Å². The maximum Gasteiger partial charge on any atom is 0.0164 e. The normalized spacial score (nSPS) is 59.3. The molecule has 256 valence electrons. The Balaban J connectivity index is 0.932. The monoisotopic (exact) mass is 626 g/mol. The predicted octanol–water partition coefficient (Wildman–Crippen LogP) is 11.5. The summed E-state index contributed by atoms with van der Waals surface area (Å²) < 4.78 is 0. The lowest BCUT2D eigenvalue weighted by Gasteiger charge is -2.52. The number of rotatable bonds is 2. The number of hydrogen-bond donors (Lipinski definition) is 0. The molecular formula is C45H71N. The Morgan fingerprint density at radius 2 is 0.804 bits per heavy atom. The van der Waals surface area contributed by atoms with Crippen LogP contribution in [0.3, 0.4) is 0 Å². The molecule has 1 aliphatic heterocycles. The highest BCUT2D eigenvalue weighted by Gasteiger charge is 2.64. The van der Waals surface area contributed by atoms with Gasteiger partial charge in [0.05, 0.1) is 0 Å². The van der Waals surface area contributed by atoms with Crippen molar-refractivity contribution in [3.05, 3.63) is 0 Å². The van der Waals surface area contributed by atoms with E-state index in [4.69, 9.17) is 0 Å². The molecular weight excluding hydrogens is 555 g/mol. The summed E-state index contributed by atoms with van der Waals surface area (Å²) in [5.74, 6) is 17.9. The average molecular weight is 626 g/mol. The summed E-state index contributed by atoms with van der Waals surface area (Å²) in [5, 5.41) is 0. The highest BCUT2D eigenvalue weighted by Crippen LogP contribution is 2.67. The Kier molecular flexibility index (Phi) is 7.58. The van der Waals surface area contributed by atoms with E-state index in [1.165, 1.54) is 0 Å². The van der Waals surface area contributed by atoms with Crippen LogP contribution in [0.15, 0.2) is 0 Å². The summed E-state index contributed by atoms with van der Waals surface area (Å²) in [7, 11) is 0. The number of hydrogen-bond acceptors (Lipinski definition) is 1. The van der Waals surface area contributed by atoms with Crippen molar-refractivity contribution < 1.29 is 0 Å². The molecule has 18 atom stereocenters. The fourth-order valence-corrected chi connectivity index (χ4v) is 18.8. The van der Waals surface area contributed by atoms with Gasteiger partial charge in [0.2, 0.25) is 0 Å². The molecule has 1 heteroatoms. The van der Waals surface area contributed by atoms with Crippen LogP contribution >= 0.6 is 0 Å². The van der Waals surface area contributed by atoms with Crippen LogP contribution in [0.2, 0.25) is 0 Å². The highest BCUT2D eigenvalue weighted by atomic mass is 15.3. The molecule has 0 N–H and O–H groups in total. The molecule has 10 saturated carbocycles. The molecule has 1 saturated heterocycles. The van der Waals surface area contributed by atoms with Gasteiger partial charge in [-0.25, -0.2) is 0 Å². The third-order valence-electron chi connectivity index (χ3n) is 19.9. The minimum atomic E-state index is 0.986. The largest absolute Gasteiger partial charge is 0.293 e. The van der Waals surface area contributed by atoms with Crippen molar-refractivity contribution in [1.29, 1.82) is 0 Å². The second-order valence-corrected chi connectivity index (χ2v) is 20.9. The first kappa shape index (κ1) is 29.7. The van der Waals surface area contributed by atoms with Crippen LogP contribution in [0, 0.1) is 94.7 Å². The molecule has 1 heterocycles. The van der Waals surface area contributed by atoms with Gasteiger partial charge in [-0.1, -0.05) is 83.5 Å². The lowest BCUT2D eigenvalue weighted by atomic mass is 9.54. The minimum absolute atomic E-state index is 0.986. The summed E-state index contributed by atoms with van der Waals surface area (Å²) in [4.78, 5) is 3.55. The maximum atomic E-state index is 3.55. The quantitative estimate of drug-likeness (QED) is 0.295. The van der Waals surface area contributed by atoms with Crippen molar-refractivity contribution in [1.82, 2.24) is 4.90 Å². The minimum Gasteiger partial charge on any atom is -0.293 e. The molecule has 11 aliphatic rings. The Morgan fingerprint density at radius 1 is 0.261 bits per heavy atom. The molecule has 0 amide bonds. The van der Waals surface area contributed by atoms with Crippen molar-refractivity contribution in [3.63, 3.8) is 0 Å². The zero-order valence-electron chi connectivity index (χ0n) is 29.8. The van der Waals surface area contributed by atoms with Gasteiger partial charge in [-0.15, -0.1) is 0 Å². The van der Waals surface area contributed by atoms with Crippen LogP contribution in [0.4, 0.5) is 0 Å². The molecule has 11 fully saturated rings. The molecule has 17 unspecified atom stereocenters. The molecule has 0 aromatic heterocycles. The van der Waals surface area contributed by atoms with Gasteiger partial charge in [-0.3, -0.25) is 4.90 Å². The molecule has 46 heavy (non-hydrogen) atoms. The summed E-state index contributed by atoms with van der Waals surface area (Å²) >= 11 is 0. The first-order valence-electron chi connectivity index (χ1n) is 22.6. The van der Waals surface area contributed by atoms with E-state index >= 15 is 0 Å². The topological polar surface area (TPSA) is 3.24 Å². The van der Waals surface area contributed by atoms with Crippen molar-refractivity contribution in [3.8, 4) is 0 Å². The van der Waals surface area contributed by atoms with Crippen LogP contribution in [-0.2, 0) is 0 Å². The second kappa shape index (κ2) is 11.8. The van der Waals surface area contributed by atoms with Crippen molar-refractivity contribution in [2.24, 2.45) is 94.7 Å². The Bertz CT molecular complexity index is 1100. The lowest BCUT2D eigenvalue weighted by Crippen LogP contribution is -2.55. The summed E-state index contributed by atoms with van der Waals surface area (Å²) in [6.07, 6.45) is 41.9. The molecule has 0 bridgehead atoms. The van der Waals surface area contributed by atoms with Crippen LogP contribution in [0.25, 0.3) is 0 Å². The molecule has 0 radical (unpaired) electrons. The fraction of sp³-hybridized carbons (Fsp3) is 1.00. The SMILES string of the molecule is C1CCC2CC([C@H]3CC4CCCCC4C4CC5C(CCCC5N5C6CCCCC6C6CCC7C8CCCCC8CC7C65)C43)CC2C1. The van der Waals surface area contributed by atoms with Crippen LogP contribution in [-0.4, -0.2) is 23.0 Å². The molecule has 0 aromatic carbocycles. The van der Waals surface area contributed by atoms with E-state index in [0.717, 1.165) is 113 Å². The van der Waals surface area contributed by atoms with Crippen LogP contribution in [0.5, 0.6) is 0 Å². The Labute approximate surface area is 283 Å². The van der Waals surface area contributed by atoms with Crippen LogP contribution in [0.1, 0.15) is 167 Å². The van der Waals surface area contributed by atoms with E-state index in [9.17, 15) is 0 Å². The van der Waals surface area contributed by atoms with E-state index in [0.29, 0.717) is 0 Å². The van der Waals surface area contributed by atoms with Gasteiger partial charge in [0, 0.05) is 18.1 Å². The van der Waals surface area contributed by atoms with Crippen molar-refractivity contribution >= 4 is 0 Å². The van der Waals surface area contributed by atoms with Gasteiger partial charge in [0.1, 0.15) is 0 Å². The molecule has 0 aromatic rings. The Morgan fingerprint density at radius 3 is 1.57 bits per heavy atom. The number of fused-ring (bicyclic) bond motifs is 13. The lowest BCUT2D eigenvalue weighted by molar-refractivity contribution is -0.0343. The zero-order chi connectivity index (χ0) is 29.9. The number of likely N-dealkylation sites (tertiary alicyclic amines) is 1.